The Balaban J connectivity index is 2.37. The number of carbonyl (C=O) groups excluding carboxylic acids is 1. The Morgan fingerprint density at radius 2 is 1.96 bits per heavy atom. The number of amides is 1. The van der Waals surface area contributed by atoms with Crippen molar-refractivity contribution >= 4 is 22.5 Å². The molecule has 136 valence electrons. The molecule has 2 rings (SSSR count). The van der Waals surface area contributed by atoms with Gasteiger partial charge in [-0.25, -0.2) is 0 Å². The van der Waals surface area contributed by atoms with Crippen LogP contribution in [-0.4, -0.2) is 29.7 Å². The number of carbonyl (C=O) groups is 1. The van der Waals surface area contributed by atoms with Crippen molar-refractivity contribution in [1.82, 2.24) is 4.98 Å². The third-order valence-corrected chi connectivity index (χ3v) is 4.07. The first-order valence-electron chi connectivity index (χ1n) is 8.68. The normalized spacial score (nSPS) is 13.9. The molecule has 2 aromatic rings. The molecule has 0 aliphatic carbocycles. The van der Waals surface area contributed by atoms with Crippen molar-refractivity contribution in [3.05, 3.63) is 30.5 Å². The maximum Gasteiger partial charge on any atom is 0.256 e. The standard InChI is InChI=1S/C20H28N2O3/c1-13(2)12-20(5,24-6)19(23)22-16-9-10-17(25-14(3)4)18-15(16)8-7-11-21-18/h7-11,13-14H,12H2,1-6H3,(H,22,23)/t20-/m0/s1. The van der Waals surface area contributed by atoms with Crippen molar-refractivity contribution in [3.63, 3.8) is 0 Å². The monoisotopic (exact) mass is 344 g/mol. The van der Waals surface area contributed by atoms with Crippen molar-refractivity contribution in [2.45, 2.75) is 52.7 Å². The lowest BCUT2D eigenvalue weighted by Gasteiger charge is -2.28. The number of nitrogens with zero attached hydrogens (tertiary/aromatic N) is 1. The largest absolute Gasteiger partial charge is 0.489 e. The van der Waals surface area contributed by atoms with E-state index in [1.807, 2.05) is 45.0 Å². The number of rotatable bonds is 7. The van der Waals surface area contributed by atoms with Crippen LogP contribution in [0.25, 0.3) is 10.9 Å². The second kappa shape index (κ2) is 7.83. The maximum atomic E-state index is 12.8. The fourth-order valence-electron chi connectivity index (χ4n) is 2.91. The third-order valence-electron chi connectivity index (χ3n) is 4.07. The van der Waals surface area contributed by atoms with Gasteiger partial charge in [-0.1, -0.05) is 13.8 Å². The smallest absolute Gasteiger partial charge is 0.256 e. The number of anilines is 1. The van der Waals surface area contributed by atoms with Gasteiger partial charge in [0.25, 0.3) is 5.91 Å². The Morgan fingerprint density at radius 3 is 2.56 bits per heavy atom. The van der Waals surface area contributed by atoms with Crippen LogP contribution in [0.15, 0.2) is 30.5 Å². The molecule has 0 unspecified atom stereocenters. The fourth-order valence-corrected chi connectivity index (χ4v) is 2.91. The molecule has 0 aliphatic heterocycles. The summed E-state index contributed by atoms with van der Waals surface area (Å²) in [6, 6.07) is 7.47. The van der Waals surface area contributed by atoms with Gasteiger partial charge in [0, 0.05) is 18.7 Å². The highest BCUT2D eigenvalue weighted by Crippen LogP contribution is 2.32. The summed E-state index contributed by atoms with van der Waals surface area (Å²) in [5, 5.41) is 3.85. The predicted octanol–water partition coefficient (Wildman–Crippen LogP) is 4.41. The molecule has 0 radical (unpaired) electrons. The molecule has 0 bridgehead atoms. The summed E-state index contributed by atoms with van der Waals surface area (Å²) in [6.07, 6.45) is 2.41. The van der Waals surface area contributed by atoms with E-state index in [1.165, 1.54) is 0 Å². The molecule has 1 aromatic heterocycles. The van der Waals surface area contributed by atoms with Crippen LogP contribution in [0.4, 0.5) is 5.69 Å². The second-order valence-electron chi connectivity index (χ2n) is 7.16. The fraction of sp³-hybridized carbons (Fsp3) is 0.500. The van der Waals surface area contributed by atoms with E-state index < -0.39 is 5.60 Å². The number of hydrogen-bond acceptors (Lipinski definition) is 4. The lowest BCUT2D eigenvalue weighted by molar-refractivity contribution is -0.137. The van der Waals surface area contributed by atoms with Crippen LogP contribution < -0.4 is 10.1 Å². The Hall–Kier alpha value is -2.14. The lowest BCUT2D eigenvalue weighted by Crippen LogP contribution is -2.43. The number of aromatic nitrogens is 1. The number of hydrogen-bond donors (Lipinski definition) is 1. The highest BCUT2D eigenvalue weighted by atomic mass is 16.5. The quantitative estimate of drug-likeness (QED) is 0.808. The molecule has 5 heteroatoms. The third kappa shape index (κ3) is 4.48. The molecule has 1 atom stereocenters. The van der Waals surface area contributed by atoms with Gasteiger partial charge in [0.1, 0.15) is 16.9 Å². The van der Waals surface area contributed by atoms with Crippen molar-refractivity contribution in [2.75, 3.05) is 12.4 Å². The Labute approximate surface area is 149 Å². The Morgan fingerprint density at radius 1 is 1.24 bits per heavy atom. The predicted molar refractivity (Wildman–Crippen MR) is 101 cm³/mol. The van der Waals surface area contributed by atoms with Gasteiger partial charge in [-0.05, 0) is 57.4 Å². The molecule has 1 heterocycles. The Kier molecular flexibility index (Phi) is 6.01. The second-order valence-corrected chi connectivity index (χ2v) is 7.16. The van der Waals surface area contributed by atoms with Crippen LogP contribution in [0, 0.1) is 5.92 Å². The van der Waals surface area contributed by atoms with Gasteiger partial charge in [0.05, 0.1) is 11.8 Å². The van der Waals surface area contributed by atoms with E-state index in [0.717, 1.165) is 10.9 Å². The minimum Gasteiger partial charge on any atom is -0.489 e. The molecule has 0 saturated carbocycles. The van der Waals surface area contributed by atoms with E-state index >= 15 is 0 Å². The topological polar surface area (TPSA) is 60.5 Å². The van der Waals surface area contributed by atoms with Crippen LogP contribution in [0.3, 0.4) is 0 Å². The summed E-state index contributed by atoms with van der Waals surface area (Å²) in [4.78, 5) is 17.2. The molecule has 0 aliphatic rings. The van der Waals surface area contributed by atoms with Crippen molar-refractivity contribution in [2.24, 2.45) is 5.92 Å². The molecular formula is C20H28N2O3. The molecule has 1 N–H and O–H groups in total. The molecule has 1 aromatic carbocycles. The van der Waals surface area contributed by atoms with Gasteiger partial charge in [-0.2, -0.15) is 0 Å². The van der Waals surface area contributed by atoms with Gasteiger partial charge in [-0.15, -0.1) is 0 Å². The van der Waals surface area contributed by atoms with Crippen LogP contribution in [0.5, 0.6) is 5.75 Å². The van der Waals surface area contributed by atoms with E-state index in [9.17, 15) is 4.79 Å². The minimum atomic E-state index is -0.879. The zero-order valence-electron chi connectivity index (χ0n) is 15.9. The van der Waals surface area contributed by atoms with Crippen LogP contribution in [-0.2, 0) is 9.53 Å². The summed E-state index contributed by atoms with van der Waals surface area (Å²) in [7, 11) is 1.57. The SMILES string of the molecule is CO[C@@](C)(CC(C)C)C(=O)Nc1ccc(OC(C)C)c2ncccc12. The molecule has 25 heavy (non-hydrogen) atoms. The average molecular weight is 344 g/mol. The van der Waals surface area contributed by atoms with Gasteiger partial charge >= 0.3 is 0 Å². The van der Waals surface area contributed by atoms with E-state index in [-0.39, 0.29) is 12.0 Å². The molecular weight excluding hydrogens is 316 g/mol. The van der Waals surface area contributed by atoms with Crippen molar-refractivity contribution in [3.8, 4) is 5.75 Å². The van der Waals surface area contributed by atoms with Crippen LogP contribution >= 0.6 is 0 Å². The van der Waals surface area contributed by atoms with Crippen LogP contribution in [0.1, 0.15) is 41.0 Å². The first-order chi connectivity index (χ1) is 11.8. The summed E-state index contributed by atoms with van der Waals surface area (Å²) < 4.78 is 11.3. The van der Waals surface area contributed by atoms with Crippen LogP contribution in [0.2, 0.25) is 0 Å². The van der Waals surface area contributed by atoms with Crippen molar-refractivity contribution in [1.29, 1.82) is 0 Å². The highest BCUT2D eigenvalue weighted by Gasteiger charge is 2.34. The van der Waals surface area contributed by atoms with Gasteiger partial charge in [0.2, 0.25) is 0 Å². The number of fused-ring (bicyclic) bond motifs is 1. The van der Waals surface area contributed by atoms with Gasteiger partial charge in [0.15, 0.2) is 0 Å². The number of methoxy groups -OCH3 is 1. The zero-order chi connectivity index (χ0) is 18.6. The molecule has 5 nitrogen and oxygen atoms in total. The van der Waals surface area contributed by atoms with Gasteiger partial charge < -0.3 is 14.8 Å². The zero-order valence-corrected chi connectivity index (χ0v) is 15.9. The van der Waals surface area contributed by atoms with E-state index in [1.54, 1.807) is 13.3 Å². The summed E-state index contributed by atoms with van der Waals surface area (Å²) in [5.74, 6) is 0.891. The maximum absolute atomic E-state index is 12.8. The van der Waals surface area contributed by atoms with E-state index in [2.05, 4.69) is 24.1 Å². The summed E-state index contributed by atoms with van der Waals surface area (Å²) >= 11 is 0. The average Bonchev–Trinajstić information content (AvgIpc) is 2.55. The number of benzene rings is 1. The first kappa shape index (κ1) is 19.2. The molecule has 0 spiro atoms. The first-order valence-corrected chi connectivity index (χ1v) is 8.68. The highest BCUT2D eigenvalue weighted by molar-refractivity contribution is 6.05. The van der Waals surface area contributed by atoms with E-state index in [0.29, 0.717) is 23.8 Å². The molecule has 0 fully saturated rings. The number of pyridine rings is 1. The number of nitrogens with one attached hydrogen (secondary N) is 1. The molecule has 0 saturated heterocycles. The van der Waals surface area contributed by atoms with Crippen molar-refractivity contribution < 1.29 is 14.3 Å². The molecule has 1 amide bonds. The lowest BCUT2D eigenvalue weighted by atomic mass is 9.93. The van der Waals surface area contributed by atoms with Gasteiger partial charge in [-0.3, -0.25) is 9.78 Å². The summed E-state index contributed by atoms with van der Waals surface area (Å²) in [5.41, 5.74) is 0.559. The Bertz CT molecular complexity index is 743. The minimum absolute atomic E-state index is 0.0495. The summed E-state index contributed by atoms with van der Waals surface area (Å²) in [6.45, 7) is 9.91. The number of ether oxygens (including phenoxy) is 2. The van der Waals surface area contributed by atoms with E-state index in [4.69, 9.17) is 9.47 Å².